The van der Waals surface area contributed by atoms with Gasteiger partial charge in [0.1, 0.15) is 16.7 Å². The smallest absolute Gasteiger partial charge is 0.261 e. The second-order valence-electron chi connectivity index (χ2n) is 11.3. The molecule has 1 N–H and O–H groups in total. The van der Waals surface area contributed by atoms with Gasteiger partial charge >= 0.3 is 0 Å². The molecule has 1 aliphatic heterocycles. The van der Waals surface area contributed by atoms with Crippen molar-refractivity contribution in [3.05, 3.63) is 82.7 Å². The van der Waals surface area contributed by atoms with Crippen LogP contribution in [-0.2, 0) is 29.1 Å². The standard InChI is InChI=1S/C33H39N5O5.2ClH/c1-5-38-27-9-8-25(21-28(27)36(4)31(40)33(2,3)32(38)41)42-18-7-6-14-34-22-23-10-15-35-24(20-23)11-16-37-17-12-29-26(30(37)39)13-19-43-29;;/h8-10,12-13,15,17,19-21,34H,5-7,11,14,16,18,22H2,1-4H3;2*1H. The molecule has 0 spiro atoms. The number of hydrogen-bond acceptors (Lipinski definition) is 7. The second kappa shape index (κ2) is 15.4. The highest BCUT2D eigenvalue weighted by molar-refractivity contribution is 6.20. The van der Waals surface area contributed by atoms with E-state index >= 15 is 0 Å². The van der Waals surface area contributed by atoms with Gasteiger partial charge in [0.25, 0.3) is 5.56 Å². The van der Waals surface area contributed by atoms with Crippen LogP contribution in [0.4, 0.5) is 11.4 Å². The largest absolute Gasteiger partial charge is 0.494 e. The third-order valence-corrected chi connectivity index (χ3v) is 7.96. The van der Waals surface area contributed by atoms with Gasteiger partial charge < -0.3 is 28.8 Å². The molecule has 10 nitrogen and oxygen atoms in total. The predicted molar refractivity (Wildman–Crippen MR) is 181 cm³/mol. The van der Waals surface area contributed by atoms with Crippen LogP contribution in [0.5, 0.6) is 5.75 Å². The number of hydrogen-bond donors (Lipinski definition) is 1. The van der Waals surface area contributed by atoms with E-state index in [0.717, 1.165) is 42.9 Å². The van der Waals surface area contributed by atoms with Gasteiger partial charge in [-0.3, -0.25) is 19.4 Å². The molecule has 0 aliphatic carbocycles. The number of carbonyl (C=O) groups excluding carboxylic acids is 2. The van der Waals surface area contributed by atoms with E-state index in [1.165, 1.54) is 6.26 Å². The molecule has 1 aliphatic rings. The monoisotopic (exact) mass is 657 g/mol. The summed E-state index contributed by atoms with van der Waals surface area (Å²) in [5, 5.41) is 4.07. The Kier molecular flexibility index (Phi) is 12.2. The van der Waals surface area contributed by atoms with Gasteiger partial charge in [0.2, 0.25) is 11.8 Å². The van der Waals surface area contributed by atoms with Crippen LogP contribution in [0.1, 0.15) is 44.9 Å². The number of amides is 2. The van der Waals surface area contributed by atoms with Crippen LogP contribution < -0.4 is 25.4 Å². The predicted octanol–water partition coefficient (Wildman–Crippen LogP) is 5.38. The third-order valence-electron chi connectivity index (χ3n) is 7.96. The normalized spacial score (nSPS) is 14.0. The number of nitrogens with one attached hydrogen (secondary N) is 1. The lowest BCUT2D eigenvalue weighted by molar-refractivity contribution is -0.137. The topological polar surface area (TPSA) is 110 Å². The zero-order valence-corrected chi connectivity index (χ0v) is 27.7. The number of aryl methyl sites for hydroxylation is 2. The summed E-state index contributed by atoms with van der Waals surface area (Å²) < 4.78 is 13.0. The van der Waals surface area contributed by atoms with Crippen LogP contribution in [0.15, 0.2) is 70.3 Å². The number of fused-ring (bicyclic) bond motifs is 2. The minimum Gasteiger partial charge on any atom is -0.494 e. The highest BCUT2D eigenvalue weighted by Crippen LogP contribution is 2.40. The van der Waals surface area contributed by atoms with Crippen molar-refractivity contribution in [2.45, 2.75) is 53.1 Å². The first kappa shape index (κ1) is 35.6. The van der Waals surface area contributed by atoms with Gasteiger partial charge in [-0.2, -0.15) is 0 Å². The lowest BCUT2D eigenvalue weighted by atomic mass is 9.90. The Hall–Kier alpha value is -3.86. The number of furan rings is 1. The summed E-state index contributed by atoms with van der Waals surface area (Å²) in [5.41, 5.74) is 2.89. The Labute approximate surface area is 275 Å². The summed E-state index contributed by atoms with van der Waals surface area (Å²) in [6, 6.07) is 13.1. The van der Waals surface area contributed by atoms with Crippen LogP contribution in [0.2, 0.25) is 0 Å². The fraction of sp³-hybridized carbons (Fsp3) is 0.394. The van der Waals surface area contributed by atoms with E-state index in [1.807, 2.05) is 43.5 Å². The molecule has 0 bridgehead atoms. The number of benzene rings is 1. The quantitative estimate of drug-likeness (QED) is 0.161. The molecule has 12 heteroatoms. The lowest BCUT2D eigenvalue weighted by Crippen LogP contribution is -2.47. The molecule has 0 unspecified atom stereocenters. The SMILES string of the molecule is CCN1C(=O)C(C)(C)C(=O)N(C)c2cc(OCCCCNCc3ccnc(CCn4ccc5occc5c4=O)c3)ccc21.Cl.Cl. The van der Waals surface area contributed by atoms with Gasteiger partial charge in [0, 0.05) is 57.3 Å². The third kappa shape index (κ3) is 7.69. The Balaban J connectivity index is 0.00000276. The summed E-state index contributed by atoms with van der Waals surface area (Å²) >= 11 is 0. The molecule has 3 aromatic heterocycles. The Morgan fingerprint density at radius 3 is 2.56 bits per heavy atom. The number of pyridine rings is 2. The van der Waals surface area contributed by atoms with Crippen molar-refractivity contribution in [2.24, 2.45) is 5.41 Å². The fourth-order valence-corrected chi connectivity index (χ4v) is 5.44. The van der Waals surface area contributed by atoms with E-state index < -0.39 is 5.41 Å². The summed E-state index contributed by atoms with van der Waals surface area (Å²) in [5.74, 6) is 0.239. The maximum atomic E-state index is 13.1. The van der Waals surface area contributed by atoms with Gasteiger partial charge in [-0.1, -0.05) is 0 Å². The number of unbranched alkanes of at least 4 members (excludes halogenated alkanes) is 1. The number of nitrogens with zero attached hydrogens (tertiary/aromatic N) is 4. The summed E-state index contributed by atoms with van der Waals surface area (Å²) in [6.45, 7) is 8.41. The highest BCUT2D eigenvalue weighted by Gasteiger charge is 2.45. The maximum Gasteiger partial charge on any atom is 0.261 e. The Bertz CT molecular complexity index is 1690. The van der Waals surface area contributed by atoms with Gasteiger partial charge in [0.15, 0.2) is 0 Å². The summed E-state index contributed by atoms with van der Waals surface area (Å²) in [7, 11) is 1.71. The van der Waals surface area contributed by atoms with Gasteiger partial charge in [0.05, 0.1) is 29.6 Å². The molecule has 1 aromatic carbocycles. The molecule has 0 radical (unpaired) electrons. The zero-order chi connectivity index (χ0) is 30.6. The number of rotatable bonds is 12. The molecule has 2 amide bonds. The van der Waals surface area contributed by atoms with Crippen molar-refractivity contribution in [1.29, 1.82) is 0 Å². The molecule has 0 fully saturated rings. The van der Waals surface area contributed by atoms with Gasteiger partial charge in [-0.15, -0.1) is 24.8 Å². The van der Waals surface area contributed by atoms with E-state index in [1.54, 1.807) is 47.5 Å². The molecule has 0 saturated carbocycles. The number of ether oxygens (including phenoxy) is 1. The summed E-state index contributed by atoms with van der Waals surface area (Å²) in [4.78, 5) is 46.4. The number of carbonyl (C=O) groups is 2. The summed E-state index contributed by atoms with van der Waals surface area (Å²) in [6.07, 6.45) is 7.57. The zero-order valence-electron chi connectivity index (χ0n) is 26.1. The Morgan fingerprint density at radius 1 is 0.978 bits per heavy atom. The minimum atomic E-state index is -1.13. The first-order valence-electron chi connectivity index (χ1n) is 14.8. The molecular weight excluding hydrogens is 617 g/mol. The van der Waals surface area contributed by atoms with Crippen LogP contribution in [0, 0.1) is 5.41 Å². The van der Waals surface area contributed by atoms with Crippen molar-refractivity contribution in [3.8, 4) is 5.75 Å². The van der Waals surface area contributed by atoms with Crippen molar-refractivity contribution in [1.82, 2.24) is 14.9 Å². The molecule has 242 valence electrons. The van der Waals surface area contributed by atoms with Crippen LogP contribution >= 0.6 is 24.8 Å². The first-order valence-corrected chi connectivity index (χ1v) is 14.8. The molecule has 4 heterocycles. The number of anilines is 2. The van der Waals surface area contributed by atoms with Crippen molar-refractivity contribution in [3.63, 3.8) is 0 Å². The Morgan fingerprint density at radius 2 is 1.78 bits per heavy atom. The van der Waals surface area contributed by atoms with Gasteiger partial charge in [-0.25, -0.2) is 0 Å². The first-order chi connectivity index (χ1) is 20.7. The maximum absolute atomic E-state index is 13.1. The van der Waals surface area contributed by atoms with E-state index in [9.17, 15) is 14.4 Å². The van der Waals surface area contributed by atoms with Crippen LogP contribution in [-0.4, -0.2) is 48.1 Å². The van der Waals surface area contributed by atoms with Crippen molar-refractivity contribution in [2.75, 3.05) is 36.5 Å². The van der Waals surface area contributed by atoms with Crippen molar-refractivity contribution >= 4 is 59.0 Å². The number of halogens is 2. The average molecular weight is 659 g/mol. The second-order valence-corrected chi connectivity index (χ2v) is 11.3. The number of aromatic nitrogens is 2. The van der Waals surface area contributed by atoms with E-state index in [0.29, 0.717) is 48.5 Å². The van der Waals surface area contributed by atoms with E-state index in [-0.39, 0.29) is 42.2 Å². The fourth-order valence-electron chi connectivity index (χ4n) is 5.44. The molecular formula is C33H41Cl2N5O5. The van der Waals surface area contributed by atoms with E-state index in [2.05, 4.69) is 16.4 Å². The average Bonchev–Trinajstić information content (AvgIpc) is 3.49. The molecule has 5 rings (SSSR count). The molecule has 4 aromatic rings. The minimum absolute atomic E-state index is 0. The van der Waals surface area contributed by atoms with Crippen molar-refractivity contribution < 1.29 is 18.7 Å². The lowest BCUT2D eigenvalue weighted by Gasteiger charge is -2.27. The van der Waals surface area contributed by atoms with Crippen LogP contribution in [0.3, 0.4) is 0 Å². The molecule has 0 atom stereocenters. The van der Waals surface area contributed by atoms with Gasteiger partial charge in [-0.05, 0) is 82.1 Å². The highest BCUT2D eigenvalue weighted by atomic mass is 35.5. The molecule has 0 saturated heterocycles. The van der Waals surface area contributed by atoms with Crippen LogP contribution in [0.25, 0.3) is 11.0 Å². The molecule has 45 heavy (non-hydrogen) atoms. The van der Waals surface area contributed by atoms with E-state index in [4.69, 9.17) is 9.15 Å².